The van der Waals surface area contributed by atoms with Crippen molar-refractivity contribution in [1.82, 2.24) is 10.2 Å². The molecule has 1 aromatic rings. The van der Waals surface area contributed by atoms with E-state index in [4.69, 9.17) is 0 Å². The van der Waals surface area contributed by atoms with Gasteiger partial charge in [0.1, 0.15) is 6.17 Å². The molecule has 1 saturated heterocycles. The fraction of sp³-hybridized carbons (Fsp3) is 0.688. The number of aryl methyl sites for hydroxylation is 1. The average molecular weight is 292 g/mol. The summed E-state index contributed by atoms with van der Waals surface area (Å²) in [5.74, 6) is 0.968. The van der Waals surface area contributed by atoms with Crippen LogP contribution < -0.4 is 5.32 Å². The Balaban J connectivity index is 1.75. The van der Waals surface area contributed by atoms with E-state index in [0.29, 0.717) is 5.92 Å². The number of amides is 1. The second-order valence-corrected chi connectivity index (χ2v) is 7.55. The molecule has 110 valence electrons. The topological polar surface area (TPSA) is 32.3 Å². The lowest BCUT2D eigenvalue weighted by Gasteiger charge is -2.30. The second kappa shape index (κ2) is 5.86. The molecule has 2 heterocycles. The highest BCUT2D eigenvalue weighted by Crippen LogP contribution is 2.33. The third-order valence-electron chi connectivity index (χ3n) is 4.58. The molecular weight excluding hydrogens is 268 g/mol. The quantitative estimate of drug-likeness (QED) is 0.925. The molecule has 2 aliphatic rings. The van der Waals surface area contributed by atoms with Crippen LogP contribution in [0.25, 0.3) is 0 Å². The molecule has 0 spiro atoms. The number of carbonyl (C=O) groups is 1. The van der Waals surface area contributed by atoms with E-state index in [0.717, 1.165) is 6.54 Å². The first kappa shape index (κ1) is 14.1. The minimum absolute atomic E-state index is 0.0500. The summed E-state index contributed by atoms with van der Waals surface area (Å²) in [6.45, 7) is 5.04. The van der Waals surface area contributed by atoms with Gasteiger partial charge in [-0.05, 0) is 44.7 Å². The Bertz CT molecular complexity index is 479. The molecule has 0 bridgehead atoms. The summed E-state index contributed by atoms with van der Waals surface area (Å²) in [4.78, 5) is 17.1. The molecule has 1 aliphatic heterocycles. The summed E-state index contributed by atoms with van der Waals surface area (Å²) in [7, 11) is 0. The van der Waals surface area contributed by atoms with Crippen molar-refractivity contribution in [2.75, 3.05) is 6.54 Å². The zero-order valence-electron chi connectivity index (χ0n) is 12.4. The third-order valence-corrected chi connectivity index (χ3v) is 5.64. The van der Waals surface area contributed by atoms with Crippen molar-refractivity contribution in [3.8, 4) is 0 Å². The standard InChI is InChI=1S/C16H24N2OS/c1-11-8-9-14(20-11)15-17-12(2)16(19)18(15)10-13-6-4-3-5-7-13/h8-9,12-13,15,17H,3-7,10H2,1-2H3. The lowest BCUT2D eigenvalue weighted by atomic mass is 9.89. The van der Waals surface area contributed by atoms with Crippen LogP contribution in [-0.2, 0) is 4.79 Å². The lowest BCUT2D eigenvalue weighted by molar-refractivity contribution is -0.130. The van der Waals surface area contributed by atoms with Crippen molar-refractivity contribution >= 4 is 17.2 Å². The minimum atomic E-state index is -0.0500. The first-order valence-electron chi connectivity index (χ1n) is 7.78. The van der Waals surface area contributed by atoms with E-state index < -0.39 is 0 Å². The SMILES string of the molecule is Cc1ccc(C2NC(C)C(=O)N2CC2CCCCC2)s1. The van der Waals surface area contributed by atoms with Gasteiger partial charge in [0, 0.05) is 16.3 Å². The summed E-state index contributed by atoms with van der Waals surface area (Å²) in [5.41, 5.74) is 0. The van der Waals surface area contributed by atoms with Gasteiger partial charge in [-0.1, -0.05) is 19.3 Å². The number of nitrogens with zero attached hydrogens (tertiary/aromatic N) is 1. The van der Waals surface area contributed by atoms with Crippen molar-refractivity contribution in [3.05, 3.63) is 21.9 Å². The number of carbonyl (C=O) groups excluding carboxylic acids is 1. The van der Waals surface area contributed by atoms with Gasteiger partial charge in [-0.15, -0.1) is 11.3 Å². The average Bonchev–Trinajstić information content (AvgIpc) is 2.99. The minimum Gasteiger partial charge on any atom is -0.320 e. The second-order valence-electron chi connectivity index (χ2n) is 6.23. The van der Waals surface area contributed by atoms with Gasteiger partial charge in [0.25, 0.3) is 0 Å². The number of nitrogens with one attached hydrogen (secondary N) is 1. The van der Waals surface area contributed by atoms with Crippen LogP contribution in [0.3, 0.4) is 0 Å². The molecule has 0 aromatic carbocycles. The summed E-state index contributed by atoms with van der Waals surface area (Å²) in [5, 5.41) is 3.46. The smallest absolute Gasteiger partial charge is 0.241 e. The summed E-state index contributed by atoms with van der Waals surface area (Å²) in [6, 6.07) is 4.26. The highest BCUT2D eigenvalue weighted by Gasteiger charge is 2.38. The normalized spacial score (nSPS) is 28.3. The Kier molecular flexibility index (Phi) is 4.13. The van der Waals surface area contributed by atoms with E-state index in [2.05, 4.69) is 29.3 Å². The molecule has 4 heteroatoms. The zero-order valence-corrected chi connectivity index (χ0v) is 13.2. The van der Waals surface area contributed by atoms with Crippen molar-refractivity contribution in [1.29, 1.82) is 0 Å². The van der Waals surface area contributed by atoms with Gasteiger partial charge in [-0.25, -0.2) is 0 Å². The molecular formula is C16H24N2OS. The van der Waals surface area contributed by atoms with Crippen LogP contribution in [0.5, 0.6) is 0 Å². The van der Waals surface area contributed by atoms with Crippen molar-refractivity contribution < 1.29 is 4.79 Å². The molecule has 3 rings (SSSR count). The van der Waals surface area contributed by atoms with Gasteiger partial charge < -0.3 is 4.90 Å². The van der Waals surface area contributed by atoms with Gasteiger partial charge in [0.2, 0.25) is 5.91 Å². The lowest BCUT2D eigenvalue weighted by Crippen LogP contribution is -2.35. The first-order chi connectivity index (χ1) is 9.65. The maximum Gasteiger partial charge on any atom is 0.241 e. The van der Waals surface area contributed by atoms with Gasteiger partial charge in [0.15, 0.2) is 0 Å². The van der Waals surface area contributed by atoms with Gasteiger partial charge >= 0.3 is 0 Å². The predicted molar refractivity (Wildman–Crippen MR) is 82.7 cm³/mol. The predicted octanol–water partition coefficient (Wildman–Crippen LogP) is 3.46. The molecule has 1 amide bonds. The number of rotatable bonds is 3. The maximum absolute atomic E-state index is 12.4. The van der Waals surface area contributed by atoms with E-state index in [-0.39, 0.29) is 18.1 Å². The molecule has 1 aromatic heterocycles. The van der Waals surface area contributed by atoms with Crippen LogP contribution in [0.1, 0.15) is 54.9 Å². The van der Waals surface area contributed by atoms with Crippen LogP contribution in [-0.4, -0.2) is 23.4 Å². The molecule has 20 heavy (non-hydrogen) atoms. The molecule has 3 nitrogen and oxygen atoms in total. The molecule has 2 fully saturated rings. The Morgan fingerprint density at radius 2 is 2.05 bits per heavy atom. The molecule has 1 saturated carbocycles. The molecule has 1 aliphatic carbocycles. The zero-order chi connectivity index (χ0) is 14.1. The first-order valence-corrected chi connectivity index (χ1v) is 8.59. The highest BCUT2D eigenvalue weighted by atomic mass is 32.1. The summed E-state index contributed by atoms with van der Waals surface area (Å²) < 4.78 is 0. The highest BCUT2D eigenvalue weighted by molar-refractivity contribution is 7.12. The van der Waals surface area contributed by atoms with E-state index in [1.807, 2.05) is 6.92 Å². The van der Waals surface area contributed by atoms with E-state index in [1.54, 1.807) is 11.3 Å². The summed E-state index contributed by atoms with van der Waals surface area (Å²) >= 11 is 1.80. The Hall–Kier alpha value is -0.870. The number of thiophene rings is 1. The number of hydrogen-bond acceptors (Lipinski definition) is 3. The third kappa shape index (κ3) is 2.77. The van der Waals surface area contributed by atoms with E-state index in [1.165, 1.54) is 41.9 Å². The molecule has 2 unspecified atom stereocenters. The molecule has 1 N–H and O–H groups in total. The van der Waals surface area contributed by atoms with Crippen LogP contribution in [0.4, 0.5) is 0 Å². The largest absolute Gasteiger partial charge is 0.320 e. The number of hydrogen-bond donors (Lipinski definition) is 1. The van der Waals surface area contributed by atoms with Gasteiger partial charge in [-0.3, -0.25) is 10.1 Å². The van der Waals surface area contributed by atoms with Gasteiger partial charge in [-0.2, -0.15) is 0 Å². The van der Waals surface area contributed by atoms with E-state index >= 15 is 0 Å². The maximum atomic E-state index is 12.4. The summed E-state index contributed by atoms with van der Waals surface area (Å²) in [6.07, 6.45) is 6.70. The van der Waals surface area contributed by atoms with Crippen molar-refractivity contribution in [2.24, 2.45) is 5.92 Å². The van der Waals surface area contributed by atoms with Crippen LogP contribution >= 0.6 is 11.3 Å². The van der Waals surface area contributed by atoms with Crippen LogP contribution in [0.2, 0.25) is 0 Å². The van der Waals surface area contributed by atoms with Crippen molar-refractivity contribution in [2.45, 2.75) is 58.2 Å². The van der Waals surface area contributed by atoms with Gasteiger partial charge in [0.05, 0.1) is 6.04 Å². The van der Waals surface area contributed by atoms with Crippen LogP contribution in [0.15, 0.2) is 12.1 Å². The monoisotopic (exact) mass is 292 g/mol. The van der Waals surface area contributed by atoms with Crippen molar-refractivity contribution in [3.63, 3.8) is 0 Å². The Morgan fingerprint density at radius 1 is 1.30 bits per heavy atom. The fourth-order valence-corrected chi connectivity index (χ4v) is 4.40. The van der Waals surface area contributed by atoms with E-state index in [9.17, 15) is 4.79 Å². The molecule has 0 radical (unpaired) electrons. The fourth-order valence-electron chi connectivity index (χ4n) is 3.45. The Morgan fingerprint density at radius 3 is 2.70 bits per heavy atom. The Labute approximate surface area is 125 Å². The van der Waals surface area contributed by atoms with Crippen LogP contribution in [0, 0.1) is 12.8 Å². The molecule has 2 atom stereocenters.